The van der Waals surface area contributed by atoms with Crippen LogP contribution in [-0.2, 0) is 15.3 Å². The highest BCUT2D eigenvalue weighted by atomic mass is 35.5. The number of methoxy groups -OCH3 is 1. The molecule has 1 aromatic carbocycles. The standard InChI is InChI=1S/C11H13ClO3/c1-13-10-5-3-2-4-9(10)11(8-12)14-6-7-15-11/h2-5H,6-8H2,1H3. The lowest BCUT2D eigenvalue weighted by Gasteiger charge is -2.26. The summed E-state index contributed by atoms with van der Waals surface area (Å²) >= 11 is 5.92. The van der Waals surface area contributed by atoms with Gasteiger partial charge in [0.1, 0.15) is 5.75 Å². The molecule has 0 radical (unpaired) electrons. The average molecular weight is 229 g/mol. The first-order valence-corrected chi connectivity index (χ1v) is 5.33. The first-order valence-electron chi connectivity index (χ1n) is 4.80. The Morgan fingerprint density at radius 1 is 1.33 bits per heavy atom. The molecular weight excluding hydrogens is 216 g/mol. The number of alkyl halides is 1. The molecule has 1 heterocycles. The van der Waals surface area contributed by atoms with E-state index >= 15 is 0 Å². The zero-order valence-electron chi connectivity index (χ0n) is 8.53. The second-order valence-corrected chi connectivity index (χ2v) is 3.55. The number of halogens is 1. The van der Waals surface area contributed by atoms with E-state index in [9.17, 15) is 0 Å². The number of hydrogen-bond acceptors (Lipinski definition) is 3. The summed E-state index contributed by atoms with van der Waals surface area (Å²) in [5.74, 6) is 0.154. The van der Waals surface area contributed by atoms with E-state index in [2.05, 4.69) is 0 Å². The van der Waals surface area contributed by atoms with Crippen molar-refractivity contribution in [2.75, 3.05) is 26.2 Å². The van der Waals surface area contributed by atoms with Gasteiger partial charge in [0.15, 0.2) is 0 Å². The Bertz CT molecular complexity index is 334. The van der Waals surface area contributed by atoms with Crippen molar-refractivity contribution >= 4 is 11.6 Å². The lowest BCUT2D eigenvalue weighted by molar-refractivity contribution is -0.147. The molecule has 1 aliphatic rings. The summed E-state index contributed by atoms with van der Waals surface area (Å²) in [6.07, 6.45) is 0. The van der Waals surface area contributed by atoms with Gasteiger partial charge in [-0.25, -0.2) is 0 Å². The fourth-order valence-corrected chi connectivity index (χ4v) is 2.02. The van der Waals surface area contributed by atoms with Gasteiger partial charge in [-0.2, -0.15) is 0 Å². The van der Waals surface area contributed by atoms with Crippen LogP contribution in [0.2, 0.25) is 0 Å². The highest BCUT2D eigenvalue weighted by molar-refractivity contribution is 6.18. The molecule has 0 spiro atoms. The molecule has 0 bridgehead atoms. The molecule has 1 aliphatic heterocycles. The van der Waals surface area contributed by atoms with E-state index in [-0.39, 0.29) is 5.88 Å². The van der Waals surface area contributed by atoms with Gasteiger partial charge in [0.2, 0.25) is 5.79 Å². The predicted octanol–water partition coefficient (Wildman–Crippen LogP) is 2.13. The molecule has 1 fully saturated rings. The third-order valence-corrected chi connectivity index (χ3v) is 2.80. The van der Waals surface area contributed by atoms with Gasteiger partial charge in [0.25, 0.3) is 0 Å². The van der Waals surface area contributed by atoms with Gasteiger partial charge in [-0.1, -0.05) is 12.1 Å². The van der Waals surface area contributed by atoms with Crippen molar-refractivity contribution in [3.05, 3.63) is 29.8 Å². The van der Waals surface area contributed by atoms with E-state index in [4.69, 9.17) is 25.8 Å². The van der Waals surface area contributed by atoms with Crippen molar-refractivity contribution in [2.24, 2.45) is 0 Å². The van der Waals surface area contributed by atoms with Crippen LogP contribution >= 0.6 is 11.6 Å². The highest BCUT2D eigenvalue weighted by Gasteiger charge is 2.40. The zero-order valence-corrected chi connectivity index (χ0v) is 9.29. The molecule has 0 aliphatic carbocycles. The van der Waals surface area contributed by atoms with Crippen LogP contribution in [-0.4, -0.2) is 26.2 Å². The van der Waals surface area contributed by atoms with Crippen molar-refractivity contribution < 1.29 is 14.2 Å². The number of benzene rings is 1. The van der Waals surface area contributed by atoms with Crippen molar-refractivity contribution in [2.45, 2.75) is 5.79 Å². The van der Waals surface area contributed by atoms with Crippen LogP contribution in [0.3, 0.4) is 0 Å². The van der Waals surface area contributed by atoms with E-state index in [1.165, 1.54) is 0 Å². The third kappa shape index (κ3) is 1.83. The quantitative estimate of drug-likeness (QED) is 0.742. The smallest absolute Gasteiger partial charge is 0.212 e. The van der Waals surface area contributed by atoms with E-state index < -0.39 is 5.79 Å². The van der Waals surface area contributed by atoms with Crippen LogP contribution in [0.1, 0.15) is 5.56 Å². The van der Waals surface area contributed by atoms with Gasteiger partial charge in [0.05, 0.1) is 31.8 Å². The predicted molar refractivity (Wildman–Crippen MR) is 57.3 cm³/mol. The molecule has 0 N–H and O–H groups in total. The molecule has 1 aromatic rings. The molecule has 3 nitrogen and oxygen atoms in total. The summed E-state index contributed by atoms with van der Waals surface area (Å²) in [4.78, 5) is 0. The highest BCUT2D eigenvalue weighted by Crippen LogP contribution is 2.37. The Morgan fingerprint density at radius 2 is 2.00 bits per heavy atom. The van der Waals surface area contributed by atoms with Crippen LogP contribution < -0.4 is 4.74 Å². The van der Waals surface area contributed by atoms with Crippen molar-refractivity contribution in [1.82, 2.24) is 0 Å². The average Bonchev–Trinajstić information content (AvgIpc) is 2.79. The lowest BCUT2D eigenvalue weighted by atomic mass is 10.1. The molecule has 0 aromatic heterocycles. The Kier molecular flexibility index (Phi) is 3.14. The zero-order chi connectivity index (χ0) is 10.7. The number of rotatable bonds is 3. The topological polar surface area (TPSA) is 27.7 Å². The lowest BCUT2D eigenvalue weighted by Crippen LogP contribution is -2.29. The molecule has 0 saturated carbocycles. The number of para-hydroxylation sites is 1. The Hall–Kier alpha value is -0.770. The summed E-state index contributed by atoms with van der Waals surface area (Å²) in [5.41, 5.74) is 0.847. The maximum Gasteiger partial charge on any atom is 0.212 e. The van der Waals surface area contributed by atoms with Crippen LogP contribution in [0.5, 0.6) is 5.75 Å². The molecule has 0 atom stereocenters. The summed E-state index contributed by atoms with van der Waals surface area (Å²) in [6.45, 7) is 1.12. The van der Waals surface area contributed by atoms with Gasteiger partial charge in [-0.05, 0) is 12.1 Å². The molecule has 2 rings (SSSR count). The third-order valence-electron chi connectivity index (χ3n) is 2.45. The molecule has 15 heavy (non-hydrogen) atoms. The van der Waals surface area contributed by atoms with E-state index in [1.807, 2.05) is 24.3 Å². The first kappa shape index (κ1) is 10.7. The summed E-state index contributed by atoms with van der Waals surface area (Å²) in [5, 5.41) is 0. The molecule has 82 valence electrons. The Balaban J connectivity index is 2.41. The van der Waals surface area contributed by atoms with Gasteiger partial charge in [-0.15, -0.1) is 11.6 Å². The second-order valence-electron chi connectivity index (χ2n) is 3.28. The van der Waals surface area contributed by atoms with Crippen molar-refractivity contribution in [3.63, 3.8) is 0 Å². The minimum atomic E-state index is -0.839. The largest absolute Gasteiger partial charge is 0.496 e. The van der Waals surface area contributed by atoms with E-state index in [0.29, 0.717) is 13.2 Å². The van der Waals surface area contributed by atoms with Crippen LogP contribution in [0.15, 0.2) is 24.3 Å². The summed E-state index contributed by atoms with van der Waals surface area (Å²) in [6, 6.07) is 7.59. The van der Waals surface area contributed by atoms with E-state index in [0.717, 1.165) is 11.3 Å². The molecule has 1 saturated heterocycles. The summed E-state index contributed by atoms with van der Waals surface area (Å²) < 4.78 is 16.4. The van der Waals surface area contributed by atoms with Crippen molar-refractivity contribution in [3.8, 4) is 5.75 Å². The summed E-state index contributed by atoms with van der Waals surface area (Å²) in [7, 11) is 1.62. The fourth-order valence-electron chi connectivity index (χ4n) is 1.72. The van der Waals surface area contributed by atoms with Crippen molar-refractivity contribution in [1.29, 1.82) is 0 Å². The molecule has 0 unspecified atom stereocenters. The van der Waals surface area contributed by atoms with Gasteiger partial charge < -0.3 is 14.2 Å². The minimum Gasteiger partial charge on any atom is -0.496 e. The van der Waals surface area contributed by atoms with Gasteiger partial charge >= 0.3 is 0 Å². The van der Waals surface area contributed by atoms with Crippen LogP contribution in [0.4, 0.5) is 0 Å². The van der Waals surface area contributed by atoms with Crippen LogP contribution in [0.25, 0.3) is 0 Å². The van der Waals surface area contributed by atoms with Gasteiger partial charge in [0, 0.05) is 0 Å². The monoisotopic (exact) mass is 228 g/mol. The van der Waals surface area contributed by atoms with Crippen LogP contribution in [0, 0.1) is 0 Å². The van der Waals surface area contributed by atoms with Gasteiger partial charge in [-0.3, -0.25) is 0 Å². The maximum absolute atomic E-state index is 5.92. The first-order chi connectivity index (χ1) is 7.32. The molecule has 0 amide bonds. The normalized spacial score (nSPS) is 19.1. The fraction of sp³-hybridized carbons (Fsp3) is 0.455. The maximum atomic E-state index is 5.92. The molecule has 4 heteroatoms. The number of hydrogen-bond donors (Lipinski definition) is 0. The minimum absolute atomic E-state index is 0.257. The Morgan fingerprint density at radius 3 is 2.60 bits per heavy atom. The molecular formula is C11H13ClO3. The SMILES string of the molecule is COc1ccccc1C1(CCl)OCCO1. The number of ether oxygens (including phenoxy) is 3. The van der Waals surface area contributed by atoms with E-state index in [1.54, 1.807) is 7.11 Å². The second kappa shape index (κ2) is 4.39. The Labute approximate surface area is 93.9 Å².